The number of rotatable bonds is 1. The molecule has 0 radical (unpaired) electrons. The number of hydrogen-bond acceptors (Lipinski definition) is 4. The maximum atomic E-state index is 5.68. The number of anilines is 1. The van der Waals surface area contributed by atoms with Crippen LogP contribution in [0.1, 0.15) is 0 Å². The van der Waals surface area contributed by atoms with Gasteiger partial charge in [0.15, 0.2) is 5.65 Å². The fraction of sp³-hybridized carbons (Fsp3) is 0. The lowest BCUT2D eigenvalue weighted by molar-refractivity contribution is 0.969. The molecule has 0 saturated heterocycles. The highest BCUT2D eigenvalue weighted by atomic mass is 15.3. The Hall–Kier alpha value is -2.95. The first-order valence-electron chi connectivity index (χ1n) is 6.27. The molecular weight excluding hydrogens is 250 g/mol. The third-order valence-corrected chi connectivity index (χ3v) is 3.29. The molecule has 96 valence electrons. The number of fused-ring (bicyclic) bond motifs is 2. The summed E-state index contributed by atoms with van der Waals surface area (Å²) in [6.07, 6.45) is 3.63. The first-order valence-corrected chi connectivity index (χ1v) is 6.27. The second-order valence-electron chi connectivity index (χ2n) is 4.57. The van der Waals surface area contributed by atoms with Gasteiger partial charge in [-0.25, -0.2) is 4.52 Å². The second kappa shape index (κ2) is 4.03. The zero-order valence-electron chi connectivity index (χ0n) is 10.6. The average molecular weight is 261 g/mol. The zero-order chi connectivity index (χ0) is 13.5. The third kappa shape index (κ3) is 1.60. The summed E-state index contributed by atoms with van der Waals surface area (Å²) in [4.78, 5) is 8.61. The zero-order valence-corrected chi connectivity index (χ0v) is 10.6. The predicted molar refractivity (Wildman–Crippen MR) is 78.1 cm³/mol. The van der Waals surface area contributed by atoms with Crippen LogP contribution in [0.3, 0.4) is 0 Å². The van der Waals surface area contributed by atoms with Gasteiger partial charge < -0.3 is 5.73 Å². The van der Waals surface area contributed by atoms with Crippen molar-refractivity contribution in [1.29, 1.82) is 0 Å². The van der Waals surface area contributed by atoms with Crippen molar-refractivity contribution in [3.8, 4) is 11.1 Å². The van der Waals surface area contributed by atoms with E-state index in [-0.39, 0.29) is 5.95 Å². The lowest BCUT2D eigenvalue weighted by Crippen LogP contribution is -1.90. The average Bonchev–Trinajstić information content (AvgIpc) is 2.86. The SMILES string of the molecule is Nc1nc2c(-c3ccc4ncccc4c3)cccn2n1. The van der Waals surface area contributed by atoms with E-state index >= 15 is 0 Å². The molecule has 3 heterocycles. The van der Waals surface area contributed by atoms with Crippen molar-refractivity contribution in [2.24, 2.45) is 0 Å². The van der Waals surface area contributed by atoms with Crippen molar-refractivity contribution in [3.63, 3.8) is 0 Å². The summed E-state index contributed by atoms with van der Waals surface area (Å²) >= 11 is 0. The fourth-order valence-corrected chi connectivity index (χ4v) is 2.39. The highest BCUT2D eigenvalue weighted by molar-refractivity contribution is 5.87. The summed E-state index contributed by atoms with van der Waals surface area (Å²) in [7, 11) is 0. The van der Waals surface area contributed by atoms with Crippen molar-refractivity contribution in [2.45, 2.75) is 0 Å². The molecule has 3 aromatic heterocycles. The summed E-state index contributed by atoms with van der Waals surface area (Å²) in [6, 6.07) is 14.1. The van der Waals surface area contributed by atoms with Crippen LogP contribution in [0.5, 0.6) is 0 Å². The Morgan fingerprint density at radius 3 is 2.95 bits per heavy atom. The van der Waals surface area contributed by atoms with Gasteiger partial charge in [-0.2, -0.15) is 4.98 Å². The van der Waals surface area contributed by atoms with E-state index in [9.17, 15) is 0 Å². The fourth-order valence-electron chi connectivity index (χ4n) is 2.39. The Bertz CT molecular complexity index is 926. The van der Waals surface area contributed by atoms with Gasteiger partial charge >= 0.3 is 0 Å². The molecule has 0 unspecified atom stereocenters. The summed E-state index contributed by atoms with van der Waals surface area (Å²) in [5, 5.41) is 5.23. The van der Waals surface area contributed by atoms with Crippen LogP contribution in [0, 0.1) is 0 Å². The van der Waals surface area contributed by atoms with Gasteiger partial charge in [-0.3, -0.25) is 4.98 Å². The van der Waals surface area contributed by atoms with E-state index < -0.39 is 0 Å². The van der Waals surface area contributed by atoms with Gasteiger partial charge in [-0.05, 0) is 35.9 Å². The van der Waals surface area contributed by atoms with E-state index in [1.54, 1.807) is 10.7 Å². The second-order valence-corrected chi connectivity index (χ2v) is 4.57. The van der Waals surface area contributed by atoms with Crippen molar-refractivity contribution in [1.82, 2.24) is 19.6 Å². The molecule has 0 bridgehead atoms. The van der Waals surface area contributed by atoms with E-state index in [2.05, 4.69) is 21.1 Å². The molecule has 4 aromatic rings. The van der Waals surface area contributed by atoms with Crippen LogP contribution in [0.25, 0.3) is 27.7 Å². The van der Waals surface area contributed by atoms with E-state index in [0.29, 0.717) is 0 Å². The highest BCUT2D eigenvalue weighted by Crippen LogP contribution is 2.26. The molecule has 5 nitrogen and oxygen atoms in total. The van der Waals surface area contributed by atoms with Crippen molar-refractivity contribution in [3.05, 3.63) is 54.9 Å². The molecule has 1 aromatic carbocycles. The van der Waals surface area contributed by atoms with Gasteiger partial charge in [-0.1, -0.05) is 12.1 Å². The molecule has 20 heavy (non-hydrogen) atoms. The number of hydrogen-bond donors (Lipinski definition) is 1. The first kappa shape index (κ1) is 10.9. The van der Waals surface area contributed by atoms with Gasteiger partial charge in [0.05, 0.1) is 5.52 Å². The maximum absolute atomic E-state index is 5.68. The molecule has 0 aliphatic carbocycles. The van der Waals surface area contributed by atoms with Gasteiger partial charge in [0.25, 0.3) is 0 Å². The number of aromatic nitrogens is 4. The Kier molecular flexibility index (Phi) is 2.20. The summed E-state index contributed by atoms with van der Waals surface area (Å²) < 4.78 is 1.69. The number of nitrogens with two attached hydrogens (primary N) is 1. The van der Waals surface area contributed by atoms with Crippen LogP contribution < -0.4 is 5.73 Å². The van der Waals surface area contributed by atoms with Gasteiger partial charge in [0.2, 0.25) is 5.95 Å². The first-order chi connectivity index (χ1) is 9.81. The molecule has 0 amide bonds. The number of benzene rings is 1. The summed E-state index contributed by atoms with van der Waals surface area (Å²) in [6.45, 7) is 0. The van der Waals surface area contributed by atoms with Crippen molar-refractivity contribution < 1.29 is 0 Å². The largest absolute Gasteiger partial charge is 0.366 e. The lowest BCUT2D eigenvalue weighted by atomic mass is 10.0. The number of pyridine rings is 2. The standard InChI is InChI=1S/C15H11N5/c16-15-18-14-12(4-2-8-20(14)19-15)10-5-6-13-11(9-10)3-1-7-17-13/h1-9H,(H2,16,19). The summed E-state index contributed by atoms with van der Waals surface area (Å²) in [5.41, 5.74) is 9.48. The molecule has 0 fully saturated rings. The Balaban J connectivity index is 2.00. The van der Waals surface area contributed by atoms with Gasteiger partial charge in [0.1, 0.15) is 0 Å². The molecule has 0 spiro atoms. The number of nitrogens with zero attached hydrogens (tertiary/aromatic N) is 4. The predicted octanol–water partition coefficient (Wildman–Crippen LogP) is 2.53. The highest BCUT2D eigenvalue weighted by Gasteiger charge is 2.08. The van der Waals surface area contributed by atoms with E-state index in [1.807, 2.05) is 42.6 Å². The maximum Gasteiger partial charge on any atom is 0.240 e. The Morgan fingerprint density at radius 2 is 2.00 bits per heavy atom. The monoisotopic (exact) mass is 261 g/mol. The molecule has 0 atom stereocenters. The van der Waals surface area contributed by atoms with Crippen LogP contribution in [-0.2, 0) is 0 Å². The Morgan fingerprint density at radius 1 is 1.05 bits per heavy atom. The topological polar surface area (TPSA) is 69.1 Å². The third-order valence-electron chi connectivity index (χ3n) is 3.29. The minimum absolute atomic E-state index is 0.278. The van der Waals surface area contributed by atoms with Crippen LogP contribution in [0.2, 0.25) is 0 Å². The molecule has 0 aliphatic heterocycles. The van der Waals surface area contributed by atoms with Gasteiger partial charge in [-0.15, -0.1) is 5.10 Å². The molecule has 2 N–H and O–H groups in total. The molecule has 0 saturated carbocycles. The number of nitrogen functional groups attached to an aromatic ring is 1. The molecular formula is C15H11N5. The van der Waals surface area contributed by atoms with Crippen LogP contribution in [0.4, 0.5) is 5.95 Å². The minimum Gasteiger partial charge on any atom is -0.366 e. The summed E-state index contributed by atoms with van der Waals surface area (Å²) in [5.74, 6) is 0.278. The molecule has 5 heteroatoms. The molecule has 4 rings (SSSR count). The smallest absolute Gasteiger partial charge is 0.240 e. The quantitative estimate of drug-likeness (QED) is 0.571. The lowest BCUT2D eigenvalue weighted by Gasteiger charge is -2.04. The van der Waals surface area contributed by atoms with Crippen LogP contribution in [0.15, 0.2) is 54.9 Å². The molecule has 0 aliphatic rings. The van der Waals surface area contributed by atoms with Gasteiger partial charge in [0, 0.05) is 23.3 Å². The van der Waals surface area contributed by atoms with Crippen molar-refractivity contribution in [2.75, 3.05) is 5.73 Å². The van der Waals surface area contributed by atoms with Crippen LogP contribution >= 0.6 is 0 Å². The van der Waals surface area contributed by atoms with E-state index in [4.69, 9.17) is 5.73 Å². The minimum atomic E-state index is 0.278. The van der Waals surface area contributed by atoms with E-state index in [0.717, 1.165) is 27.7 Å². The normalized spacial score (nSPS) is 11.2. The van der Waals surface area contributed by atoms with Crippen LogP contribution in [-0.4, -0.2) is 19.6 Å². The van der Waals surface area contributed by atoms with Crippen molar-refractivity contribution >= 4 is 22.5 Å². The Labute approximate surface area is 114 Å². The van der Waals surface area contributed by atoms with E-state index in [1.165, 1.54) is 0 Å².